The van der Waals surface area contributed by atoms with E-state index < -0.39 is 29.1 Å². The van der Waals surface area contributed by atoms with Crippen LogP contribution in [0.3, 0.4) is 0 Å². The summed E-state index contributed by atoms with van der Waals surface area (Å²) in [5.41, 5.74) is -0.336. The molecule has 202 valence electrons. The molecule has 0 bridgehead atoms. The second-order valence-corrected chi connectivity index (χ2v) is 8.38. The van der Waals surface area contributed by atoms with Crippen molar-refractivity contribution in [2.75, 3.05) is 33.2 Å². The number of imidazole rings is 1. The molecule has 4 rings (SSSR count). The summed E-state index contributed by atoms with van der Waals surface area (Å²) in [5, 5.41) is 7.70. The second-order valence-electron chi connectivity index (χ2n) is 8.38. The molecule has 1 aromatic heterocycles. The number of piperazine rings is 1. The summed E-state index contributed by atoms with van der Waals surface area (Å²) in [6, 6.07) is 14.7. The first-order valence-electron chi connectivity index (χ1n) is 11.6. The molecule has 2 N–H and O–H groups in total. The number of aldehydes is 1. The number of alkyl halides is 3. The summed E-state index contributed by atoms with van der Waals surface area (Å²) in [7, 11) is 2.07. The van der Waals surface area contributed by atoms with E-state index in [9.17, 15) is 27.2 Å². The van der Waals surface area contributed by atoms with Gasteiger partial charge < -0.3 is 20.2 Å². The van der Waals surface area contributed by atoms with Gasteiger partial charge >= 0.3 is 6.18 Å². The number of halogens is 4. The standard InChI is InChI=1S/C14H9F4N3O.C7H8.C6H12N2O/c15-9-3-1-8(2-4-9)12(19)5-11(14(16,17)18)13-20-6-10(7-22)21-13;1-7-5-3-2-4-6-7;1-7-2-4-8(6-9)5-3-7/h1-7,19H,(H,20,21);2-6H,1H3;6H,2-5H2,1H3/b11-5+,19-12?;;. The van der Waals surface area contributed by atoms with E-state index in [1.165, 1.54) is 17.7 Å². The molecule has 11 heteroatoms. The zero-order valence-electron chi connectivity index (χ0n) is 21.0. The first-order valence-corrected chi connectivity index (χ1v) is 11.6. The van der Waals surface area contributed by atoms with Crippen LogP contribution in [0.4, 0.5) is 17.6 Å². The summed E-state index contributed by atoms with van der Waals surface area (Å²) in [5.74, 6) is -1.13. The largest absolute Gasteiger partial charge is 0.420 e. The highest BCUT2D eigenvalue weighted by molar-refractivity contribution is 6.10. The van der Waals surface area contributed by atoms with Crippen LogP contribution in [0.5, 0.6) is 0 Å². The number of allylic oxidation sites excluding steroid dienone is 2. The lowest BCUT2D eigenvalue weighted by atomic mass is 10.1. The van der Waals surface area contributed by atoms with Gasteiger partial charge in [0.15, 0.2) is 6.29 Å². The first-order chi connectivity index (χ1) is 18.0. The number of carbonyl (C=O) groups is 2. The Labute approximate surface area is 218 Å². The van der Waals surface area contributed by atoms with Crippen molar-refractivity contribution in [2.45, 2.75) is 13.1 Å². The fraction of sp³-hybridized carbons (Fsp3) is 0.259. The van der Waals surface area contributed by atoms with Crippen LogP contribution in [-0.4, -0.2) is 77.6 Å². The Bertz CT molecular complexity index is 1200. The molecular weight excluding hydrogens is 502 g/mol. The topological polar surface area (TPSA) is 93.2 Å². The van der Waals surface area contributed by atoms with Gasteiger partial charge in [0.05, 0.1) is 17.6 Å². The number of H-pyrrole nitrogens is 1. The van der Waals surface area contributed by atoms with Crippen LogP contribution >= 0.6 is 0 Å². The third-order valence-electron chi connectivity index (χ3n) is 5.35. The lowest BCUT2D eigenvalue weighted by molar-refractivity contribution is -0.119. The van der Waals surface area contributed by atoms with Gasteiger partial charge in [-0.25, -0.2) is 9.37 Å². The Morgan fingerprint density at radius 1 is 1.00 bits per heavy atom. The molecule has 38 heavy (non-hydrogen) atoms. The minimum Gasteiger partial charge on any atom is -0.343 e. The smallest absolute Gasteiger partial charge is 0.343 e. The molecule has 1 saturated heterocycles. The molecule has 3 aromatic rings. The summed E-state index contributed by atoms with van der Waals surface area (Å²) in [6.07, 6.45) is -1.99. The van der Waals surface area contributed by atoms with E-state index in [0.717, 1.165) is 50.9 Å². The molecule has 0 radical (unpaired) electrons. The normalized spacial score (nSPS) is 13.9. The molecular formula is C27H29F4N5O2. The molecule has 2 aromatic carbocycles. The van der Waals surface area contributed by atoms with Crippen LogP contribution in [-0.2, 0) is 4.79 Å². The van der Waals surface area contributed by atoms with E-state index in [1.54, 1.807) is 4.90 Å². The van der Waals surface area contributed by atoms with E-state index in [2.05, 4.69) is 41.0 Å². The number of benzene rings is 2. The van der Waals surface area contributed by atoms with Crippen LogP contribution in [0.1, 0.15) is 27.4 Å². The molecule has 0 atom stereocenters. The van der Waals surface area contributed by atoms with Crippen molar-refractivity contribution in [1.82, 2.24) is 19.8 Å². The SMILES string of the molecule is CN1CCN(C=O)CC1.Cc1ccccc1.N=C(/C=C(\c1ncc(C=O)[nH]1)C(F)(F)F)c1ccc(F)cc1. The molecule has 2 heterocycles. The maximum atomic E-state index is 13.1. The van der Waals surface area contributed by atoms with Crippen molar-refractivity contribution in [3.8, 4) is 0 Å². The van der Waals surface area contributed by atoms with Gasteiger partial charge in [-0.2, -0.15) is 13.2 Å². The van der Waals surface area contributed by atoms with E-state index >= 15 is 0 Å². The van der Waals surface area contributed by atoms with Crippen molar-refractivity contribution in [3.63, 3.8) is 0 Å². The molecule has 0 aliphatic carbocycles. The molecule has 1 fully saturated rings. The highest BCUT2D eigenvalue weighted by Crippen LogP contribution is 2.32. The van der Waals surface area contributed by atoms with Gasteiger partial charge in [0.1, 0.15) is 17.2 Å². The van der Waals surface area contributed by atoms with Gasteiger partial charge in [-0.05, 0) is 49.9 Å². The van der Waals surface area contributed by atoms with Crippen molar-refractivity contribution in [2.24, 2.45) is 0 Å². The van der Waals surface area contributed by atoms with Gasteiger partial charge in [-0.1, -0.05) is 35.9 Å². The van der Waals surface area contributed by atoms with E-state index in [-0.39, 0.29) is 11.3 Å². The number of likely N-dealkylation sites (N-methyl/N-ethyl adjacent to an activating group) is 1. The summed E-state index contributed by atoms with van der Waals surface area (Å²) >= 11 is 0. The van der Waals surface area contributed by atoms with E-state index in [1.807, 2.05) is 18.2 Å². The lowest BCUT2D eigenvalue weighted by Crippen LogP contribution is -2.43. The maximum Gasteiger partial charge on any atom is 0.420 e. The number of amides is 1. The van der Waals surface area contributed by atoms with Gasteiger partial charge in [-0.15, -0.1) is 0 Å². The van der Waals surface area contributed by atoms with Crippen molar-refractivity contribution in [3.05, 3.63) is 95.3 Å². The van der Waals surface area contributed by atoms with Crippen molar-refractivity contribution >= 4 is 24.0 Å². The summed E-state index contributed by atoms with van der Waals surface area (Å²) < 4.78 is 52.1. The molecule has 7 nitrogen and oxygen atoms in total. The Hall–Kier alpha value is -4.12. The number of rotatable bonds is 5. The van der Waals surface area contributed by atoms with Crippen molar-refractivity contribution in [1.29, 1.82) is 5.41 Å². The molecule has 0 unspecified atom stereocenters. The summed E-state index contributed by atoms with van der Waals surface area (Å²) in [6.45, 7) is 5.89. The lowest BCUT2D eigenvalue weighted by Gasteiger charge is -2.29. The third-order valence-corrected chi connectivity index (χ3v) is 5.35. The summed E-state index contributed by atoms with van der Waals surface area (Å²) in [4.78, 5) is 30.4. The fourth-order valence-corrected chi connectivity index (χ4v) is 3.14. The van der Waals surface area contributed by atoms with Crippen LogP contribution in [0.25, 0.3) is 5.57 Å². The van der Waals surface area contributed by atoms with Crippen LogP contribution in [0.15, 0.2) is 66.9 Å². The fourth-order valence-electron chi connectivity index (χ4n) is 3.14. The average Bonchev–Trinajstić information content (AvgIpc) is 3.37. The monoisotopic (exact) mass is 531 g/mol. The molecule has 1 aliphatic heterocycles. The van der Waals surface area contributed by atoms with Gasteiger partial charge in [-0.3, -0.25) is 9.59 Å². The Morgan fingerprint density at radius 2 is 1.61 bits per heavy atom. The van der Waals surface area contributed by atoms with E-state index in [4.69, 9.17) is 5.41 Å². The Morgan fingerprint density at radius 3 is 2.05 bits per heavy atom. The molecule has 0 saturated carbocycles. The van der Waals surface area contributed by atoms with Gasteiger partial charge in [0.25, 0.3) is 0 Å². The van der Waals surface area contributed by atoms with Crippen LogP contribution in [0, 0.1) is 18.2 Å². The zero-order valence-corrected chi connectivity index (χ0v) is 21.0. The number of hydrogen-bond donors (Lipinski definition) is 2. The first kappa shape index (κ1) is 30.1. The number of nitrogens with zero attached hydrogens (tertiary/aromatic N) is 3. The minimum absolute atomic E-state index is 0.113. The molecule has 1 aliphatic rings. The maximum absolute atomic E-state index is 13.1. The van der Waals surface area contributed by atoms with Gasteiger partial charge in [0, 0.05) is 26.2 Å². The molecule has 0 spiro atoms. The van der Waals surface area contributed by atoms with Gasteiger partial charge in [0.2, 0.25) is 6.41 Å². The highest BCUT2D eigenvalue weighted by Gasteiger charge is 2.37. The molecule has 1 amide bonds. The number of nitrogens with one attached hydrogen (secondary N) is 2. The zero-order chi connectivity index (χ0) is 28.1. The Balaban J connectivity index is 0.000000257. The van der Waals surface area contributed by atoms with E-state index in [0.29, 0.717) is 12.4 Å². The second kappa shape index (κ2) is 14.6. The number of aromatic amines is 1. The third kappa shape index (κ3) is 10.1. The quantitative estimate of drug-likeness (QED) is 0.282. The predicted octanol–water partition coefficient (Wildman–Crippen LogP) is 4.76. The minimum atomic E-state index is -4.77. The Kier molecular flexibility index (Phi) is 11.5. The number of aromatic nitrogens is 2. The van der Waals surface area contributed by atoms with Crippen LogP contribution < -0.4 is 0 Å². The van der Waals surface area contributed by atoms with Crippen LogP contribution in [0.2, 0.25) is 0 Å². The van der Waals surface area contributed by atoms with Crippen molar-refractivity contribution < 1.29 is 27.2 Å². The average molecular weight is 532 g/mol. The number of carbonyl (C=O) groups excluding carboxylic acids is 2. The number of aryl methyl sites for hydroxylation is 1. The highest BCUT2D eigenvalue weighted by atomic mass is 19.4. The predicted molar refractivity (Wildman–Crippen MR) is 138 cm³/mol. The number of hydrogen-bond acceptors (Lipinski definition) is 5.